The molecule has 1 unspecified atom stereocenters. The normalized spacial score (nSPS) is 12.6. The van der Waals surface area contributed by atoms with Crippen molar-refractivity contribution in [1.29, 1.82) is 0 Å². The highest BCUT2D eigenvalue weighted by atomic mass is 19.3. The van der Waals surface area contributed by atoms with Crippen molar-refractivity contribution in [1.82, 2.24) is 0 Å². The molecule has 0 radical (unpaired) electrons. The van der Waals surface area contributed by atoms with Crippen LogP contribution in [-0.4, -0.2) is 13.4 Å². The Morgan fingerprint density at radius 1 is 1.44 bits per heavy atom. The lowest BCUT2D eigenvalue weighted by molar-refractivity contribution is -0.108. The van der Waals surface area contributed by atoms with E-state index in [-0.39, 0.29) is 11.5 Å². The Morgan fingerprint density at radius 3 is 2.62 bits per heavy atom. The highest BCUT2D eigenvalue weighted by Crippen LogP contribution is 2.32. The summed E-state index contributed by atoms with van der Waals surface area (Å²) in [5.41, 5.74) is 0.706. The average molecular weight is 228 g/mol. The van der Waals surface area contributed by atoms with Crippen molar-refractivity contribution >= 4 is 6.29 Å². The third-order valence-electron chi connectivity index (χ3n) is 2.49. The zero-order valence-electron chi connectivity index (χ0n) is 9.24. The molecule has 1 aromatic rings. The molecule has 1 rings (SSSR count). The summed E-state index contributed by atoms with van der Waals surface area (Å²) >= 11 is 0. The molecule has 0 amide bonds. The van der Waals surface area contributed by atoms with Gasteiger partial charge < -0.3 is 9.53 Å². The fraction of sp³-hybridized carbons (Fsp3) is 0.417. The number of aldehydes is 1. The van der Waals surface area contributed by atoms with Crippen molar-refractivity contribution in [3.8, 4) is 5.75 Å². The molecule has 0 saturated heterocycles. The number of methoxy groups -OCH3 is 1. The SMILES string of the molecule is COc1cc(C(F)F)ccc1C(C)CC=O. The van der Waals surface area contributed by atoms with E-state index in [0.29, 0.717) is 12.2 Å². The maximum atomic E-state index is 12.5. The Kier molecular flexibility index (Phi) is 4.40. The number of alkyl halides is 2. The predicted molar refractivity (Wildman–Crippen MR) is 57.0 cm³/mol. The lowest BCUT2D eigenvalue weighted by atomic mass is 9.96. The molecule has 1 aromatic carbocycles. The summed E-state index contributed by atoms with van der Waals surface area (Å²) in [6.45, 7) is 1.86. The zero-order valence-corrected chi connectivity index (χ0v) is 9.24. The van der Waals surface area contributed by atoms with Crippen LogP contribution in [0.5, 0.6) is 5.75 Å². The van der Waals surface area contributed by atoms with Crippen LogP contribution in [0, 0.1) is 0 Å². The topological polar surface area (TPSA) is 26.3 Å². The van der Waals surface area contributed by atoms with Gasteiger partial charge >= 0.3 is 0 Å². The molecule has 0 saturated carbocycles. The Morgan fingerprint density at radius 2 is 2.12 bits per heavy atom. The van der Waals surface area contributed by atoms with Crippen molar-refractivity contribution in [3.05, 3.63) is 29.3 Å². The fourth-order valence-corrected chi connectivity index (χ4v) is 1.54. The van der Waals surface area contributed by atoms with Crippen LogP contribution in [0.3, 0.4) is 0 Å². The van der Waals surface area contributed by atoms with E-state index in [9.17, 15) is 13.6 Å². The largest absolute Gasteiger partial charge is 0.496 e. The van der Waals surface area contributed by atoms with Crippen molar-refractivity contribution in [2.45, 2.75) is 25.7 Å². The van der Waals surface area contributed by atoms with E-state index < -0.39 is 6.43 Å². The minimum atomic E-state index is -2.51. The lowest BCUT2D eigenvalue weighted by Crippen LogP contribution is -1.99. The Balaban J connectivity index is 3.06. The van der Waals surface area contributed by atoms with Crippen LogP contribution in [0.1, 0.15) is 36.8 Å². The molecule has 0 heterocycles. The standard InChI is InChI=1S/C12H14F2O2/c1-8(5-6-15)10-4-3-9(12(13)14)7-11(10)16-2/h3-4,6-8,12H,5H2,1-2H3. The molecule has 0 bridgehead atoms. The predicted octanol–water partition coefficient (Wildman–Crippen LogP) is 3.33. The maximum Gasteiger partial charge on any atom is 0.263 e. The smallest absolute Gasteiger partial charge is 0.263 e. The van der Waals surface area contributed by atoms with Crippen LogP contribution in [-0.2, 0) is 4.79 Å². The van der Waals surface area contributed by atoms with E-state index in [1.807, 2.05) is 6.92 Å². The zero-order chi connectivity index (χ0) is 12.1. The van der Waals surface area contributed by atoms with Gasteiger partial charge in [-0.3, -0.25) is 0 Å². The summed E-state index contributed by atoms with van der Waals surface area (Å²) in [6, 6.07) is 4.28. The first-order valence-electron chi connectivity index (χ1n) is 4.99. The fourth-order valence-electron chi connectivity index (χ4n) is 1.54. The highest BCUT2D eigenvalue weighted by Gasteiger charge is 2.14. The number of halogens is 2. The van der Waals surface area contributed by atoms with Gasteiger partial charge in [0, 0.05) is 12.0 Å². The highest BCUT2D eigenvalue weighted by molar-refractivity contribution is 5.53. The summed E-state index contributed by atoms with van der Waals surface area (Å²) in [6.07, 6.45) is -1.35. The van der Waals surface area contributed by atoms with Gasteiger partial charge in [-0.2, -0.15) is 0 Å². The van der Waals surface area contributed by atoms with Crippen LogP contribution in [0.15, 0.2) is 18.2 Å². The molecule has 0 aliphatic carbocycles. The summed E-state index contributed by atoms with van der Waals surface area (Å²) in [7, 11) is 1.43. The number of carbonyl (C=O) groups is 1. The summed E-state index contributed by atoms with van der Waals surface area (Å²) in [5.74, 6) is 0.381. The summed E-state index contributed by atoms with van der Waals surface area (Å²) < 4.78 is 30.0. The van der Waals surface area contributed by atoms with Gasteiger partial charge in [-0.25, -0.2) is 8.78 Å². The Hall–Kier alpha value is -1.45. The number of benzene rings is 1. The maximum absolute atomic E-state index is 12.5. The second-order valence-corrected chi connectivity index (χ2v) is 3.61. The molecule has 88 valence electrons. The van der Waals surface area contributed by atoms with Gasteiger partial charge in [0.25, 0.3) is 6.43 Å². The van der Waals surface area contributed by atoms with Crippen LogP contribution in [0.4, 0.5) is 8.78 Å². The van der Waals surface area contributed by atoms with Crippen molar-refractivity contribution in [2.24, 2.45) is 0 Å². The first-order valence-corrected chi connectivity index (χ1v) is 4.99. The average Bonchev–Trinajstić information content (AvgIpc) is 2.28. The molecular weight excluding hydrogens is 214 g/mol. The molecule has 0 fully saturated rings. The summed E-state index contributed by atoms with van der Waals surface area (Å²) in [4.78, 5) is 10.4. The molecule has 2 nitrogen and oxygen atoms in total. The molecule has 16 heavy (non-hydrogen) atoms. The number of rotatable bonds is 5. The molecule has 1 atom stereocenters. The number of hydrogen-bond acceptors (Lipinski definition) is 2. The second-order valence-electron chi connectivity index (χ2n) is 3.61. The number of hydrogen-bond donors (Lipinski definition) is 0. The van der Waals surface area contributed by atoms with E-state index >= 15 is 0 Å². The third-order valence-corrected chi connectivity index (χ3v) is 2.49. The minimum absolute atomic E-state index is 0.0285. The van der Waals surface area contributed by atoms with Gasteiger partial charge in [0.1, 0.15) is 12.0 Å². The molecule has 0 N–H and O–H groups in total. The van der Waals surface area contributed by atoms with Crippen LogP contribution in [0.25, 0.3) is 0 Å². The number of ether oxygens (including phenoxy) is 1. The van der Waals surface area contributed by atoms with Gasteiger partial charge in [0.2, 0.25) is 0 Å². The molecular formula is C12H14F2O2. The summed E-state index contributed by atoms with van der Waals surface area (Å²) in [5, 5.41) is 0. The Bertz CT molecular complexity index is 364. The quantitative estimate of drug-likeness (QED) is 0.722. The number of carbonyl (C=O) groups excluding carboxylic acids is 1. The van der Waals surface area contributed by atoms with Gasteiger partial charge in [-0.05, 0) is 17.5 Å². The van der Waals surface area contributed by atoms with Gasteiger partial charge in [0.15, 0.2) is 0 Å². The second kappa shape index (κ2) is 5.58. The monoisotopic (exact) mass is 228 g/mol. The van der Waals surface area contributed by atoms with Crippen molar-refractivity contribution < 1.29 is 18.3 Å². The van der Waals surface area contributed by atoms with E-state index in [1.54, 1.807) is 6.07 Å². The van der Waals surface area contributed by atoms with Gasteiger partial charge in [-0.15, -0.1) is 0 Å². The van der Waals surface area contributed by atoms with Crippen LogP contribution < -0.4 is 4.74 Å². The third kappa shape index (κ3) is 2.78. The van der Waals surface area contributed by atoms with Gasteiger partial charge in [-0.1, -0.05) is 19.1 Å². The first kappa shape index (κ1) is 12.6. The molecule has 0 spiro atoms. The van der Waals surface area contributed by atoms with E-state index in [4.69, 9.17) is 4.74 Å². The van der Waals surface area contributed by atoms with Crippen molar-refractivity contribution in [2.75, 3.05) is 7.11 Å². The van der Waals surface area contributed by atoms with Crippen molar-refractivity contribution in [3.63, 3.8) is 0 Å². The minimum Gasteiger partial charge on any atom is -0.496 e. The molecule has 0 aliphatic heterocycles. The molecule has 0 aliphatic rings. The lowest BCUT2D eigenvalue weighted by Gasteiger charge is -2.14. The Labute approximate surface area is 93.2 Å². The van der Waals surface area contributed by atoms with E-state index in [2.05, 4.69) is 0 Å². The van der Waals surface area contributed by atoms with Gasteiger partial charge in [0.05, 0.1) is 7.11 Å². The van der Waals surface area contributed by atoms with Crippen LogP contribution >= 0.6 is 0 Å². The van der Waals surface area contributed by atoms with E-state index in [1.165, 1.54) is 19.2 Å². The first-order chi connectivity index (χ1) is 7.60. The molecule has 4 heteroatoms. The van der Waals surface area contributed by atoms with Crippen LogP contribution in [0.2, 0.25) is 0 Å². The van der Waals surface area contributed by atoms with E-state index in [0.717, 1.165) is 11.8 Å². The molecule has 0 aromatic heterocycles.